The molecule has 0 radical (unpaired) electrons. The Labute approximate surface area is 306 Å². The molecule has 0 spiro atoms. The Morgan fingerprint density at radius 2 is 1.71 bits per heavy atom. The second-order valence-corrected chi connectivity index (χ2v) is 15.2. The van der Waals surface area contributed by atoms with Crippen LogP contribution in [0, 0.1) is 5.41 Å². The number of aliphatic hydroxyl groups excluding tert-OH is 1. The molecule has 1 saturated carbocycles. The maximum absolute atomic E-state index is 15.2. The molecule has 6 rings (SSSR count). The number of esters is 1. The third-order valence-corrected chi connectivity index (χ3v) is 11.4. The molecule has 286 valence electrons. The summed E-state index contributed by atoms with van der Waals surface area (Å²) in [6.45, 7) is 4.75. The summed E-state index contributed by atoms with van der Waals surface area (Å²) in [5.41, 5.74) is 0.300. The summed E-state index contributed by atoms with van der Waals surface area (Å²) in [4.78, 5) is 64.6. The van der Waals surface area contributed by atoms with Gasteiger partial charge in [-0.3, -0.25) is 24.0 Å². The fraction of sp³-hybridized carbons (Fsp3) is 0.692. The number of benzene rings is 1. The van der Waals surface area contributed by atoms with Gasteiger partial charge in [-0.15, -0.1) is 0 Å². The van der Waals surface area contributed by atoms with E-state index >= 15 is 4.79 Å². The topological polar surface area (TPSA) is 147 Å². The summed E-state index contributed by atoms with van der Waals surface area (Å²) in [5, 5.41) is 13.7. The predicted octanol–water partition coefficient (Wildman–Crippen LogP) is 3.33. The Bertz CT molecular complexity index is 1470. The number of nitrogens with one attached hydrogen (secondary N) is 1. The molecule has 0 unspecified atom stereocenters. The predicted molar refractivity (Wildman–Crippen MR) is 191 cm³/mol. The number of carbonyl (C=O) groups is 4. The van der Waals surface area contributed by atoms with E-state index in [2.05, 4.69) is 19.2 Å². The monoisotopic (exact) mass is 724 g/mol. The molecule has 7 atom stereocenters. The third kappa shape index (κ3) is 7.39. The lowest BCUT2D eigenvalue weighted by atomic mass is 9.62. The molecule has 4 saturated heterocycles. The number of amides is 3. The van der Waals surface area contributed by atoms with Crippen molar-refractivity contribution in [3.8, 4) is 0 Å². The average molecular weight is 725 g/mol. The molecule has 1 aromatic rings. The van der Waals surface area contributed by atoms with Gasteiger partial charge >= 0.3 is 5.97 Å². The zero-order valence-corrected chi connectivity index (χ0v) is 31.1. The molecule has 5 fully saturated rings. The van der Waals surface area contributed by atoms with Gasteiger partial charge in [0.2, 0.25) is 17.7 Å². The van der Waals surface area contributed by atoms with E-state index in [1.54, 1.807) is 30.1 Å². The van der Waals surface area contributed by atoms with Gasteiger partial charge < -0.3 is 34.4 Å². The van der Waals surface area contributed by atoms with Crippen LogP contribution in [0.25, 0.3) is 6.08 Å². The number of hydrogen-bond acceptors (Lipinski definition) is 10. The molecular formula is C39H56N4O9. The zero-order chi connectivity index (χ0) is 37.0. The van der Waals surface area contributed by atoms with Crippen molar-refractivity contribution in [2.45, 2.75) is 133 Å². The van der Waals surface area contributed by atoms with Crippen molar-refractivity contribution in [1.29, 1.82) is 0 Å². The number of hydroxylamine groups is 2. The summed E-state index contributed by atoms with van der Waals surface area (Å²) in [6, 6.07) is 5.79. The number of hydrogen-bond donors (Lipinski definition) is 2. The van der Waals surface area contributed by atoms with Crippen molar-refractivity contribution >= 4 is 29.8 Å². The summed E-state index contributed by atoms with van der Waals surface area (Å²) in [6.07, 6.45) is 9.12. The Morgan fingerprint density at radius 1 is 1.02 bits per heavy atom. The van der Waals surface area contributed by atoms with Crippen LogP contribution in [0.3, 0.4) is 0 Å². The normalized spacial score (nSPS) is 30.4. The molecule has 4 heterocycles. The average Bonchev–Trinajstić information content (AvgIpc) is 3.86. The lowest BCUT2D eigenvalue weighted by molar-refractivity contribution is -0.225. The van der Waals surface area contributed by atoms with Gasteiger partial charge in [-0.05, 0) is 42.9 Å². The molecule has 2 N–H and O–H groups in total. The van der Waals surface area contributed by atoms with Crippen LogP contribution < -0.4 is 5.32 Å². The van der Waals surface area contributed by atoms with Crippen molar-refractivity contribution < 1.29 is 43.3 Å². The second-order valence-electron chi connectivity index (χ2n) is 15.2. The van der Waals surface area contributed by atoms with Gasteiger partial charge in [0, 0.05) is 52.5 Å². The van der Waals surface area contributed by atoms with Crippen LogP contribution in [0.2, 0.25) is 0 Å². The van der Waals surface area contributed by atoms with E-state index in [-0.39, 0.29) is 43.8 Å². The van der Waals surface area contributed by atoms with E-state index < -0.39 is 53.7 Å². The number of likely N-dealkylation sites (tertiary alicyclic amines) is 1. The number of nitrogens with zero attached hydrogens (tertiary/aromatic N) is 3. The van der Waals surface area contributed by atoms with Crippen molar-refractivity contribution in [2.24, 2.45) is 5.41 Å². The number of likely N-dealkylation sites (N-methyl/N-ethyl adjacent to an activating group) is 1. The van der Waals surface area contributed by atoms with Gasteiger partial charge in [0.15, 0.2) is 11.8 Å². The molecule has 13 nitrogen and oxygen atoms in total. The molecule has 1 aliphatic carbocycles. The first-order valence-electron chi connectivity index (χ1n) is 19.2. The zero-order valence-electron chi connectivity index (χ0n) is 31.1. The Morgan fingerprint density at radius 3 is 2.37 bits per heavy atom. The van der Waals surface area contributed by atoms with Gasteiger partial charge in [-0.1, -0.05) is 63.8 Å². The van der Waals surface area contributed by atoms with E-state index in [1.165, 1.54) is 11.0 Å². The van der Waals surface area contributed by atoms with Crippen molar-refractivity contribution in [3.63, 3.8) is 0 Å². The number of ether oxygens (including phenoxy) is 3. The standard InChI is InChI=1S/C39H56N4O9/c1-5-7-9-19-38(20-10-8-6-2)50-31-29-24-39(37(48)42-22-11-12-28(42)35(46)40-21-23-44)33(36(47)49-29)43(52-34(39)32(31)51-38)25-27-15-13-26(14-16-27)17-18-30(45)41(3)4/h13-18,28-29,31-34,44H,5-12,19-25H2,1-4H3,(H,40,46)/t28-,29-,31+,32+,33-,34-,39-/m1/s1. The molecule has 5 aliphatic rings. The van der Waals surface area contributed by atoms with Crippen LogP contribution in [-0.2, 0) is 44.8 Å². The smallest absolute Gasteiger partial charge is 0.327 e. The maximum Gasteiger partial charge on any atom is 0.327 e. The van der Waals surface area contributed by atoms with Crippen molar-refractivity contribution in [3.05, 3.63) is 41.5 Å². The minimum atomic E-state index is -1.37. The number of rotatable bonds is 16. The molecule has 0 aromatic heterocycles. The fourth-order valence-corrected chi connectivity index (χ4v) is 8.75. The second kappa shape index (κ2) is 16.3. The van der Waals surface area contributed by atoms with E-state index in [0.717, 1.165) is 49.7 Å². The fourth-order valence-electron chi connectivity index (χ4n) is 8.75. The Balaban J connectivity index is 1.34. The summed E-state index contributed by atoms with van der Waals surface area (Å²) < 4.78 is 20.1. The Kier molecular flexibility index (Phi) is 12.1. The first kappa shape index (κ1) is 38.4. The van der Waals surface area contributed by atoms with E-state index in [0.29, 0.717) is 32.2 Å². The van der Waals surface area contributed by atoms with E-state index in [9.17, 15) is 19.5 Å². The van der Waals surface area contributed by atoms with Gasteiger partial charge in [0.05, 0.1) is 13.2 Å². The van der Waals surface area contributed by atoms with Crippen LogP contribution in [0.4, 0.5) is 0 Å². The lowest BCUT2D eigenvalue weighted by Crippen LogP contribution is -2.70. The molecule has 13 heteroatoms. The van der Waals surface area contributed by atoms with Gasteiger partial charge in [0.25, 0.3) is 0 Å². The highest BCUT2D eigenvalue weighted by molar-refractivity contribution is 5.96. The molecule has 4 aliphatic heterocycles. The summed E-state index contributed by atoms with van der Waals surface area (Å²) >= 11 is 0. The highest BCUT2D eigenvalue weighted by atomic mass is 16.8. The number of fused-ring (bicyclic) bond motifs is 4. The van der Waals surface area contributed by atoms with Crippen molar-refractivity contribution in [1.82, 2.24) is 20.2 Å². The summed E-state index contributed by atoms with van der Waals surface area (Å²) in [5.74, 6) is -2.18. The molecule has 52 heavy (non-hydrogen) atoms. The van der Waals surface area contributed by atoms with Gasteiger partial charge in [-0.2, -0.15) is 5.06 Å². The summed E-state index contributed by atoms with van der Waals surface area (Å²) in [7, 11) is 3.39. The SMILES string of the molecule is CCCCCC1(CCCCC)O[C@@H]2[C@H](O1)[C@H]1ON(Cc3ccc(C=CC(=O)N(C)C)cc3)[C@@H]3C(=O)O[C@@H]2C[C@]13C(=O)N1CCC[C@@H]1C(=O)NCCO. The number of aliphatic hydroxyl groups is 1. The number of carbonyl (C=O) groups excluding carboxylic acids is 4. The number of unbranched alkanes of at least 4 members (excludes halogenated alkanes) is 4. The minimum Gasteiger partial charge on any atom is -0.458 e. The largest absolute Gasteiger partial charge is 0.458 e. The van der Waals surface area contributed by atoms with Crippen LogP contribution in [0.1, 0.15) is 95.6 Å². The first-order valence-corrected chi connectivity index (χ1v) is 19.2. The molecule has 3 amide bonds. The highest BCUT2D eigenvalue weighted by Crippen LogP contribution is 2.59. The van der Waals surface area contributed by atoms with Gasteiger partial charge in [0.1, 0.15) is 35.9 Å². The van der Waals surface area contributed by atoms with Crippen molar-refractivity contribution in [2.75, 3.05) is 33.8 Å². The molecule has 1 aromatic carbocycles. The highest BCUT2D eigenvalue weighted by Gasteiger charge is 2.77. The van der Waals surface area contributed by atoms with Crippen LogP contribution in [0.5, 0.6) is 0 Å². The van der Waals surface area contributed by atoms with E-state index in [4.69, 9.17) is 19.0 Å². The minimum absolute atomic E-state index is 0.0899. The molecule has 2 bridgehead atoms. The quantitative estimate of drug-likeness (QED) is 0.148. The third-order valence-electron chi connectivity index (χ3n) is 11.4. The first-order chi connectivity index (χ1) is 25.1. The lowest BCUT2D eigenvalue weighted by Gasteiger charge is -2.50. The van der Waals surface area contributed by atoms with Crippen LogP contribution in [-0.4, -0.2) is 120 Å². The van der Waals surface area contributed by atoms with Crippen LogP contribution in [0.15, 0.2) is 30.3 Å². The Hall–Kier alpha value is -3.36. The van der Waals surface area contributed by atoms with Gasteiger partial charge in [-0.25, -0.2) is 0 Å². The molecular weight excluding hydrogens is 668 g/mol. The van der Waals surface area contributed by atoms with E-state index in [1.807, 2.05) is 24.3 Å². The van der Waals surface area contributed by atoms with Crippen LogP contribution >= 0.6 is 0 Å². The maximum atomic E-state index is 15.2.